The first kappa shape index (κ1) is 16.4. The van der Waals surface area contributed by atoms with Gasteiger partial charge in [0.25, 0.3) is 0 Å². The number of ether oxygens (including phenoxy) is 2. The van der Waals surface area contributed by atoms with Crippen LogP contribution >= 0.6 is 0 Å². The molecule has 0 radical (unpaired) electrons. The Balaban J connectivity index is 1.94. The van der Waals surface area contributed by atoms with Gasteiger partial charge in [-0.25, -0.2) is 10.2 Å². The van der Waals surface area contributed by atoms with Crippen LogP contribution in [0.25, 0.3) is 0 Å². The van der Waals surface area contributed by atoms with E-state index in [0.717, 1.165) is 5.56 Å². The third-order valence-electron chi connectivity index (χ3n) is 2.90. The van der Waals surface area contributed by atoms with E-state index in [1.165, 1.54) is 6.21 Å². The molecule has 23 heavy (non-hydrogen) atoms. The molecule has 0 aliphatic heterocycles. The monoisotopic (exact) mass is 313 g/mol. The fourth-order valence-electron chi connectivity index (χ4n) is 1.89. The molecule has 0 unspecified atom stereocenters. The van der Waals surface area contributed by atoms with Crippen LogP contribution in [0.1, 0.15) is 12.5 Å². The predicted molar refractivity (Wildman–Crippen MR) is 90.4 cm³/mol. The van der Waals surface area contributed by atoms with E-state index < -0.39 is 6.03 Å². The second-order valence-electron chi connectivity index (χ2n) is 4.53. The maximum atomic E-state index is 11.7. The number of urea groups is 1. The lowest BCUT2D eigenvalue weighted by atomic mass is 10.2. The summed E-state index contributed by atoms with van der Waals surface area (Å²) in [6.07, 6.45) is 1.53. The summed E-state index contributed by atoms with van der Waals surface area (Å²) in [5, 5.41) is 6.58. The lowest BCUT2D eigenvalue weighted by Crippen LogP contribution is -2.24. The first-order valence-corrected chi connectivity index (χ1v) is 7.19. The zero-order valence-electron chi connectivity index (χ0n) is 13.1. The Bertz CT molecular complexity index is 672. The molecular weight excluding hydrogens is 294 g/mol. The van der Waals surface area contributed by atoms with Crippen molar-refractivity contribution < 1.29 is 14.3 Å². The standard InChI is InChI=1S/C17H19N3O3/c1-3-23-16-11-13(9-10-15(16)22-2)12-18-20-17(21)19-14-7-5-4-6-8-14/h4-12H,3H2,1-2H3,(H2,19,20,21)/b18-12-. The Morgan fingerprint density at radius 2 is 1.96 bits per heavy atom. The summed E-state index contributed by atoms with van der Waals surface area (Å²) in [5.41, 5.74) is 3.89. The van der Waals surface area contributed by atoms with Crippen LogP contribution in [0.3, 0.4) is 0 Å². The van der Waals surface area contributed by atoms with Gasteiger partial charge in [-0.1, -0.05) is 18.2 Å². The van der Waals surface area contributed by atoms with Crippen molar-refractivity contribution in [3.8, 4) is 11.5 Å². The van der Waals surface area contributed by atoms with Crippen molar-refractivity contribution in [1.82, 2.24) is 5.43 Å². The molecule has 2 rings (SSSR count). The van der Waals surface area contributed by atoms with Gasteiger partial charge < -0.3 is 14.8 Å². The minimum atomic E-state index is -0.411. The van der Waals surface area contributed by atoms with Crippen LogP contribution in [-0.2, 0) is 0 Å². The quantitative estimate of drug-likeness (QED) is 0.635. The summed E-state index contributed by atoms with van der Waals surface area (Å²) >= 11 is 0. The van der Waals surface area contributed by atoms with E-state index in [0.29, 0.717) is 23.8 Å². The zero-order valence-corrected chi connectivity index (χ0v) is 13.1. The summed E-state index contributed by atoms with van der Waals surface area (Å²) in [5.74, 6) is 1.28. The average Bonchev–Trinajstić information content (AvgIpc) is 2.56. The van der Waals surface area contributed by atoms with E-state index >= 15 is 0 Å². The molecule has 0 atom stereocenters. The molecule has 120 valence electrons. The van der Waals surface area contributed by atoms with Crippen LogP contribution in [0.5, 0.6) is 11.5 Å². The molecule has 2 N–H and O–H groups in total. The van der Waals surface area contributed by atoms with E-state index in [9.17, 15) is 4.79 Å². The van der Waals surface area contributed by atoms with Crippen LogP contribution < -0.4 is 20.2 Å². The van der Waals surface area contributed by atoms with Gasteiger partial charge in [0.05, 0.1) is 19.9 Å². The molecule has 0 bridgehead atoms. The number of nitrogens with one attached hydrogen (secondary N) is 2. The highest BCUT2D eigenvalue weighted by molar-refractivity contribution is 5.90. The van der Waals surface area contributed by atoms with Gasteiger partial charge in [0.1, 0.15) is 0 Å². The summed E-state index contributed by atoms with van der Waals surface area (Å²) in [6, 6.07) is 14.1. The van der Waals surface area contributed by atoms with Gasteiger partial charge in [-0.3, -0.25) is 0 Å². The van der Waals surface area contributed by atoms with E-state index in [4.69, 9.17) is 9.47 Å². The molecule has 6 nitrogen and oxygen atoms in total. The van der Waals surface area contributed by atoms with Gasteiger partial charge in [-0.2, -0.15) is 5.10 Å². The minimum Gasteiger partial charge on any atom is -0.493 e. The highest BCUT2D eigenvalue weighted by Gasteiger charge is 2.04. The molecule has 0 saturated carbocycles. The van der Waals surface area contributed by atoms with Crippen molar-refractivity contribution >= 4 is 17.9 Å². The molecule has 2 amide bonds. The lowest BCUT2D eigenvalue weighted by Gasteiger charge is -2.09. The summed E-state index contributed by atoms with van der Waals surface area (Å²) in [4.78, 5) is 11.7. The van der Waals surface area contributed by atoms with Crippen molar-refractivity contribution in [1.29, 1.82) is 0 Å². The Morgan fingerprint density at radius 3 is 2.65 bits per heavy atom. The second-order valence-corrected chi connectivity index (χ2v) is 4.53. The topological polar surface area (TPSA) is 72.0 Å². The third kappa shape index (κ3) is 5.03. The van der Waals surface area contributed by atoms with Crippen LogP contribution in [0.4, 0.5) is 10.5 Å². The van der Waals surface area contributed by atoms with Gasteiger partial charge in [0.15, 0.2) is 11.5 Å². The van der Waals surface area contributed by atoms with E-state index in [1.54, 1.807) is 31.4 Å². The smallest absolute Gasteiger partial charge is 0.339 e. The minimum absolute atomic E-state index is 0.411. The number of para-hydroxylation sites is 1. The number of amides is 2. The van der Waals surface area contributed by atoms with Crippen LogP contribution in [0.15, 0.2) is 53.6 Å². The number of rotatable bonds is 6. The van der Waals surface area contributed by atoms with Gasteiger partial charge in [-0.15, -0.1) is 0 Å². The number of hydrogen-bond acceptors (Lipinski definition) is 4. The lowest BCUT2D eigenvalue weighted by molar-refractivity contribution is 0.252. The highest BCUT2D eigenvalue weighted by atomic mass is 16.5. The first-order chi connectivity index (χ1) is 11.2. The first-order valence-electron chi connectivity index (χ1n) is 7.19. The molecule has 0 heterocycles. The number of hydrazone groups is 1. The molecule has 0 saturated heterocycles. The zero-order chi connectivity index (χ0) is 16.5. The van der Waals surface area contributed by atoms with Crippen molar-refractivity contribution in [3.63, 3.8) is 0 Å². The molecule has 0 fully saturated rings. The molecule has 0 aliphatic carbocycles. The number of nitrogens with zero attached hydrogens (tertiary/aromatic N) is 1. The Hall–Kier alpha value is -3.02. The summed E-state index contributed by atoms with van der Waals surface area (Å²) in [6.45, 7) is 2.43. The number of carbonyl (C=O) groups is 1. The third-order valence-corrected chi connectivity index (χ3v) is 2.90. The van der Waals surface area contributed by atoms with Crippen molar-refractivity contribution in [2.45, 2.75) is 6.92 Å². The van der Waals surface area contributed by atoms with Crippen molar-refractivity contribution in [2.24, 2.45) is 5.10 Å². The molecule has 0 aromatic heterocycles. The number of benzene rings is 2. The number of anilines is 1. The van der Waals surface area contributed by atoms with Gasteiger partial charge in [-0.05, 0) is 42.8 Å². The summed E-state index contributed by atoms with van der Waals surface area (Å²) in [7, 11) is 1.58. The summed E-state index contributed by atoms with van der Waals surface area (Å²) < 4.78 is 10.7. The molecule has 2 aromatic carbocycles. The second kappa shape index (κ2) is 8.43. The van der Waals surface area contributed by atoms with Crippen LogP contribution in [0, 0.1) is 0 Å². The van der Waals surface area contributed by atoms with Gasteiger partial charge >= 0.3 is 6.03 Å². The average molecular weight is 313 g/mol. The normalized spacial score (nSPS) is 10.3. The molecule has 0 spiro atoms. The maximum Gasteiger partial charge on any atom is 0.339 e. The van der Waals surface area contributed by atoms with Gasteiger partial charge in [0.2, 0.25) is 0 Å². The predicted octanol–water partition coefficient (Wildman–Crippen LogP) is 3.25. The largest absolute Gasteiger partial charge is 0.493 e. The fraction of sp³-hybridized carbons (Fsp3) is 0.176. The van der Waals surface area contributed by atoms with Crippen LogP contribution in [0.2, 0.25) is 0 Å². The number of methoxy groups -OCH3 is 1. The fourth-order valence-corrected chi connectivity index (χ4v) is 1.89. The molecule has 0 aliphatic rings. The van der Waals surface area contributed by atoms with E-state index in [2.05, 4.69) is 15.8 Å². The Kier molecular flexibility index (Phi) is 5.99. The highest BCUT2D eigenvalue weighted by Crippen LogP contribution is 2.27. The molecule has 2 aromatic rings. The number of hydrogen-bond donors (Lipinski definition) is 2. The SMILES string of the molecule is CCOc1cc(/C=N\NC(=O)Nc2ccccc2)ccc1OC. The Labute approximate surface area is 135 Å². The Morgan fingerprint density at radius 1 is 1.17 bits per heavy atom. The molecular formula is C17H19N3O3. The van der Waals surface area contributed by atoms with Crippen LogP contribution in [-0.4, -0.2) is 26.0 Å². The maximum absolute atomic E-state index is 11.7. The van der Waals surface area contributed by atoms with E-state index in [-0.39, 0.29) is 0 Å². The molecule has 6 heteroatoms. The van der Waals surface area contributed by atoms with Crippen molar-refractivity contribution in [2.75, 3.05) is 19.0 Å². The van der Waals surface area contributed by atoms with Crippen molar-refractivity contribution in [3.05, 3.63) is 54.1 Å². The van der Waals surface area contributed by atoms with E-state index in [1.807, 2.05) is 31.2 Å². The number of carbonyl (C=O) groups excluding carboxylic acids is 1. The van der Waals surface area contributed by atoms with Gasteiger partial charge in [0, 0.05) is 5.69 Å².